The predicted octanol–water partition coefficient (Wildman–Crippen LogP) is 3.41. The van der Waals surface area contributed by atoms with Gasteiger partial charge in [-0.15, -0.1) is 0 Å². The summed E-state index contributed by atoms with van der Waals surface area (Å²) in [4.78, 5) is 23.6. The van der Waals surface area contributed by atoms with Crippen LogP contribution < -0.4 is 10.6 Å². The fraction of sp³-hybridized carbons (Fsp3) is 0.467. The van der Waals surface area contributed by atoms with Gasteiger partial charge in [0.25, 0.3) is 0 Å². The van der Waals surface area contributed by atoms with Crippen LogP contribution in [0.15, 0.2) is 24.3 Å². The van der Waals surface area contributed by atoms with E-state index in [2.05, 4.69) is 15.4 Å². The molecule has 0 aliphatic heterocycles. The van der Waals surface area contributed by atoms with Crippen molar-refractivity contribution >= 4 is 17.7 Å². The number of rotatable bonds is 5. The molecule has 0 spiro atoms. The number of ether oxygens (including phenoxy) is 1. The molecule has 8 heteroatoms. The van der Waals surface area contributed by atoms with Crippen molar-refractivity contribution in [2.24, 2.45) is 5.92 Å². The molecule has 1 rings (SSSR count). The van der Waals surface area contributed by atoms with Gasteiger partial charge in [0, 0.05) is 5.69 Å². The third-order valence-electron chi connectivity index (χ3n) is 3.40. The van der Waals surface area contributed by atoms with Gasteiger partial charge >= 0.3 is 18.2 Å². The Labute approximate surface area is 132 Å². The number of alkyl halides is 3. The van der Waals surface area contributed by atoms with E-state index in [-0.39, 0.29) is 11.6 Å². The summed E-state index contributed by atoms with van der Waals surface area (Å²) in [5, 5.41) is 4.70. The minimum atomic E-state index is -4.50. The molecular weight excluding hydrogens is 313 g/mol. The van der Waals surface area contributed by atoms with Crippen LogP contribution >= 0.6 is 0 Å². The van der Waals surface area contributed by atoms with Crippen molar-refractivity contribution in [3.05, 3.63) is 29.8 Å². The van der Waals surface area contributed by atoms with Crippen LogP contribution in [0.1, 0.15) is 25.8 Å². The maximum atomic E-state index is 12.6. The highest BCUT2D eigenvalue weighted by Gasteiger charge is 2.31. The van der Waals surface area contributed by atoms with Crippen molar-refractivity contribution < 1.29 is 27.5 Å². The smallest absolute Gasteiger partial charge is 0.416 e. The average molecular weight is 332 g/mol. The number of amides is 2. The third kappa shape index (κ3) is 5.46. The standard InChI is InChI=1S/C15H19F3N2O3/c1-4-9(2)12(13(21)23-3)20-14(22)19-11-7-5-6-10(8-11)15(16,17)18/h5-9,12H,4H2,1-3H3,(H2,19,20,22)/t9-,12+/m0/s1. The lowest BCUT2D eigenvalue weighted by atomic mass is 9.99. The van der Waals surface area contributed by atoms with E-state index in [1.807, 2.05) is 6.92 Å². The zero-order valence-electron chi connectivity index (χ0n) is 13.0. The highest BCUT2D eigenvalue weighted by molar-refractivity contribution is 5.92. The second-order valence-corrected chi connectivity index (χ2v) is 5.06. The van der Waals surface area contributed by atoms with Gasteiger partial charge < -0.3 is 15.4 Å². The van der Waals surface area contributed by atoms with Crippen LogP contribution in [0.4, 0.5) is 23.7 Å². The molecule has 0 aromatic heterocycles. The molecule has 2 N–H and O–H groups in total. The Morgan fingerprint density at radius 3 is 2.48 bits per heavy atom. The maximum Gasteiger partial charge on any atom is 0.416 e. The van der Waals surface area contributed by atoms with E-state index in [1.54, 1.807) is 6.92 Å². The molecule has 2 amide bonds. The number of anilines is 1. The molecule has 23 heavy (non-hydrogen) atoms. The molecule has 1 aromatic rings. The predicted molar refractivity (Wildman–Crippen MR) is 78.9 cm³/mol. The van der Waals surface area contributed by atoms with Crippen LogP contribution in [-0.4, -0.2) is 25.2 Å². The van der Waals surface area contributed by atoms with Crippen molar-refractivity contribution in [1.29, 1.82) is 0 Å². The second kappa shape index (κ2) is 7.85. The molecule has 0 unspecified atom stereocenters. The monoisotopic (exact) mass is 332 g/mol. The zero-order chi connectivity index (χ0) is 17.6. The van der Waals surface area contributed by atoms with Crippen LogP contribution in [0.5, 0.6) is 0 Å². The van der Waals surface area contributed by atoms with Gasteiger partial charge in [0.1, 0.15) is 6.04 Å². The van der Waals surface area contributed by atoms with Crippen LogP contribution in [-0.2, 0) is 15.7 Å². The lowest BCUT2D eigenvalue weighted by molar-refractivity contribution is -0.144. The molecule has 0 bridgehead atoms. The molecule has 5 nitrogen and oxygen atoms in total. The largest absolute Gasteiger partial charge is 0.467 e. The zero-order valence-corrected chi connectivity index (χ0v) is 13.0. The first-order chi connectivity index (χ1) is 10.7. The molecule has 0 aliphatic carbocycles. The minimum absolute atomic E-state index is 0.0231. The van der Waals surface area contributed by atoms with Crippen molar-refractivity contribution in [1.82, 2.24) is 5.32 Å². The Kier molecular flexibility index (Phi) is 6.41. The van der Waals surface area contributed by atoms with Gasteiger partial charge in [-0.2, -0.15) is 13.2 Å². The number of hydrogen-bond donors (Lipinski definition) is 2. The Morgan fingerprint density at radius 2 is 1.96 bits per heavy atom. The quantitative estimate of drug-likeness (QED) is 0.812. The van der Waals surface area contributed by atoms with Gasteiger partial charge in [-0.25, -0.2) is 9.59 Å². The number of hydrogen-bond acceptors (Lipinski definition) is 3. The van der Waals surface area contributed by atoms with Gasteiger partial charge in [-0.1, -0.05) is 26.3 Å². The number of methoxy groups -OCH3 is 1. The van der Waals surface area contributed by atoms with E-state index in [9.17, 15) is 22.8 Å². The number of esters is 1. The van der Waals surface area contributed by atoms with Crippen LogP contribution in [0.2, 0.25) is 0 Å². The molecule has 0 heterocycles. The van der Waals surface area contributed by atoms with Crippen LogP contribution in [0.25, 0.3) is 0 Å². The van der Waals surface area contributed by atoms with Gasteiger partial charge in [0.15, 0.2) is 0 Å². The molecule has 0 radical (unpaired) electrons. The number of carbonyl (C=O) groups excluding carboxylic acids is 2. The first-order valence-electron chi connectivity index (χ1n) is 7.01. The van der Waals surface area contributed by atoms with E-state index in [0.717, 1.165) is 12.1 Å². The van der Waals surface area contributed by atoms with E-state index in [4.69, 9.17) is 0 Å². The number of benzene rings is 1. The number of urea groups is 1. The highest BCUT2D eigenvalue weighted by atomic mass is 19.4. The molecule has 0 saturated carbocycles. The SMILES string of the molecule is CC[C@H](C)[C@@H](NC(=O)Nc1cccc(C(F)(F)F)c1)C(=O)OC. The number of nitrogens with one attached hydrogen (secondary N) is 2. The summed E-state index contributed by atoms with van der Waals surface area (Å²) in [5.41, 5.74) is -0.896. The molecule has 0 aliphatic rings. The van der Waals surface area contributed by atoms with E-state index < -0.39 is 29.8 Å². The summed E-state index contributed by atoms with van der Waals surface area (Å²) < 4.78 is 42.5. The summed E-state index contributed by atoms with van der Waals surface area (Å²) in [7, 11) is 1.20. The molecular formula is C15H19F3N2O3. The van der Waals surface area contributed by atoms with Gasteiger partial charge in [0.05, 0.1) is 12.7 Å². The molecule has 128 valence electrons. The summed E-state index contributed by atoms with van der Waals surface area (Å²) in [6, 6.07) is 2.57. The first kappa shape index (κ1) is 18.8. The number of carbonyl (C=O) groups is 2. The summed E-state index contributed by atoms with van der Waals surface area (Å²) in [6.07, 6.45) is -3.89. The fourth-order valence-corrected chi connectivity index (χ4v) is 1.88. The molecule has 1 aromatic carbocycles. The lowest BCUT2D eigenvalue weighted by Crippen LogP contribution is -2.47. The highest BCUT2D eigenvalue weighted by Crippen LogP contribution is 2.30. The van der Waals surface area contributed by atoms with E-state index >= 15 is 0 Å². The van der Waals surface area contributed by atoms with Crippen molar-refractivity contribution in [3.8, 4) is 0 Å². The topological polar surface area (TPSA) is 67.4 Å². The lowest BCUT2D eigenvalue weighted by Gasteiger charge is -2.22. The van der Waals surface area contributed by atoms with Gasteiger partial charge in [-0.3, -0.25) is 0 Å². The van der Waals surface area contributed by atoms with Gasteiger partial charge in [0.2, 0.25) is 0 Å². The van der Waals surface area contributed by atoms with E-state index in [0.29, 0.717) is 6.42 Å². The van der Waals surface area contributed by atoms with Crippen molar-refractivity contribution in [2.45, 2.75) is 32.5 Å². The van der Waals surface area contributed by atoms with Crippen molar-refractivity contribution in [3.63, 3.8) is 0 Å². The third-order valence-corrected chi connectivity index (χ3v) is 3.40. The van der Waals surface area contributed by atoms with Crippen molar-refractivity contribution in [2.75, 3.05) is 12.4 Å². The van der Waals surface area contributed by atoms with Crippen LogP contribution in [0.3, 0.4) is 0 Å². The van der Waals surface area contributed by atoms with Gasteiger partial charge in [-0.05, 0) is 24.1 Å². The molecule has 0 fully saturated rings. The Hall–Kier alpha value is -2.25. The minimum Gasteiger partial charge on any atom is -0.467 e. The number of halogens is 3. The molecule has 0 saturated heterocycles. The summed E-state index contributed by atoms with van der Waals surface area (Å²) in [6.45, 7) is 3.60. The summed E-state index contributed by atoms with van der Waals surface area (Å²) in [5.74, 6) is -0.798. The normalized spacial score (nSPS) is 13.8. The summed E-state index contributed by atoms with van der Waals surface area (Å²) >= 11 is 0. The second-order valence-electron chi connectivity index (χ2n) is 5.06. The van der Waals surface area contributed by atoms with Crippen LogP contribution in [0, 0.1) is 5.92 Å². The Balaban J connectivity index is 2.81. The maximum absolute atomic E-state index is 12.6. The average Bonchev–Trinajstić information content (AvgIpc) is 2.50. The Bertz CT molecular complexity index is 561. The Morgan fingerprint density at radius 1 is 1.30 bits per heavy atom. The van der Waals surface area contributed by atoms with E-state index in [1.165, 1.54) is 19.2 Å². The molecule has 2 atom stereocenters. The fourth-order valence-electron chi connectivity index (χ4n) is 1.88. The first-order valence-corrected chi connectivity index (χ1v) is 7.01.